The zero-order valence-electron chi connectivity index (χ0n) is 13.1. The Hall–Kier alpha value is -1.54. The van der Waals surface area contributed by atoms with Crippen LogP contribution in [0.15, 0.2) is 41.2 Å². The molecule has 0 radical (unpaired) electrons. The van der Waals surface area contributed by atoms with Crippen molar-refractivity contribution in [2.75, 3.05) is 0 Å². The van der Waals surface area contributed by atoms with Gasteiger partial charge in [-0.2, -0.15) is 0 Å². The largest absolute Gasteiger partial charge is 0.306 e. The van der Waals surface area contributed by atoms with Crippen molar-refractivity contribution in [3.05, 3.63) is 57.9 Å². The second-order valence-corrected chi connectivity index (χ2v) is 6.19. The van der Waals surface area contributed by atoms with Crippen LogP contribution >= 0.6 is 11.6 Å². The van der Waals surface area contributed by atoms with Crippen LogP contribution in [0.25, 0.3) is 11.3 Å². The molecule has 0 fully saturated rings. The Labute approximate surface area is 131 Å². The van der Waals surface area contributed by atoms with E-state index in [0.29, 0.717) is 11.5 Å². The minimum Gasteiger partial charge on any atom is -0.306 e. The van der Waals surface area contributed by atoms with Crippen molar-refractivity contribution in [3.8, 4) is 11.3 Å². The molecule has 0 aliphatic rings. The lowest BCUT2D eigenvalue weighted by Gasteiger charge is -2.18. The number of alkyl halides is 1. The number of hydrogen-bond donors (Lipinski definition) is 0. The average molecular weight is 304 g/mol. The van der Waals surface area contributed by atoms with Crippen molar-refractivity contribution in [1.29, 1.82) is 0 Å². The molecule has 0 saturated carbocycles. The smallest absolute Gasteiger partial charge is 0.255 e. The summed E-state index contributed by atoms with van der Waals surface area (Å²) in [6.45, 7) is 8.39. The molecular formula is C18H22ClNO. The lowest BCUT2D eigenvalue weighted by molar-refractivity contribution is 0.582. The second-order valence-electron chi connectivity index (χ2n) is 5.92. The molecule has 21 heavy (non-hydrogen) atoms. The van der Waals surface area contributed by atoms with Crippen LogP contribution in [0.1, 0.15) is 50.8 Å². The summed E-state index contributed by atoms with van der Waals surface area (Å²) in [7, 11) is 0. The summed E-state index contributed by atoms with van der Waals surface area (Å²) in [6.07, 6.45) is 0. The maximum Gasteiger partial charge on any atom is 0.255 e. The Balaban J connectivity index is 2.58. The summed E-state index contributed by atoms with van der Waals surface area (Å²) in [5, 5.41) is 0. The molecular weight excluding hydrogens is 282 g/mol. The Morgan fingerprint density at radius 2 is 1.62 bits per heavy atom. The molecule has 1 aromatic heterocycles. The van der Waals surface area contributed by atoms with Gasteiger partial charge in [0, 0.05) is 11.6 Å². The maximum absolute atomic E-state index is 12.5. The molecule has 0 saturated heterocycles. The summed E-state index contributed by atoms with van der Waals surface area (Å²) in [4.78, 5) is 12.5. The van der Waals surface area contributed by atoms with Gasteiger partial charge in [0.05, 0.1) is 11.6 Å². The maximum atomic E-state index is 12.5. The van der Waals surface area contributed by atoms with Crippen molar-refractivity contribution in [2.24, 2.45) is 0 Å². The van der Waals surface area contributed by atoms with Crippen LogP contribution in [-0.2, 0) is 5.88 Å². The van der Waals surface area contributed by atoms with Crippen molar-refractivity contribution in [3.63, 3.8) is 0 Å². The SMILES string of the molecule is CC(C)c1ccc(-c2ccc(CCl)c(=O)n2C(C)C)cc1. The van der Waals surface area contributed by atoms with Crippen LogP contribution in [0.5, 0.6) is 0 Å². The molecule has 2 nitrogen and oxygen atoms in total. The second kappa shape index (κ2) is 6.48. The quantitative estimate of drug-likeness (QED) is 0.732. The average Bonchev–Trinajstić information content (AvgIpc) is 2.46. The van der Waals surface area contributed by atoms with E-state index in [2.05, 4.69) is 38.1 Å². The third-order valence-corrected chi connectivity index (χ3v) is 4.02. The number of halogens is 1. The first-order chi connectivity index (χ1) is 9.95. The first-order valence-electron chi connectivity index (χ1n) is 7.36. The van der Waals surface area contributed by atoms with Crippen LogP contribution in [0.4, 0.5) is 0 Å². The third-order valence-electron chi connectivity index (χ3n) is 3.73. The van der Waals surface area contributed by atoms with E-state index in [9.17, 15) is 4.79 Å². The zero-order valence-corrected chi connectivity index (χ0v) is 13.8. The summed E-state index contributed by atoms with van der Waals surface area (Å²) >= 11 is 5.85. The molecule has 0 spiro atoms. The van der Waals surface area contributed by atoms with Crippen LogP contribution in [0, 0.1) is 0 Å². The monoisotopic (exact) mass is 303 g/mol. The minimum absolute atomic E-state index is 0.00503. The van der Waals surface area contributed by atoms with Gasteiger partial charge in [-0.05, 0) is 37.0 Å². The molecule has 1 aromatic carbocycles. The Morgan fingerprint density at radius 3 is 2.10 bits per heavy atom. The van der Waals surface area contributed by atoms with E-state index in [1.165, 1.54) is 5.56 Å². The van der Waals surface area contributed by atoms with Gasteiger partial charge in [0.15, 0.2) is 0 Å². The van der Waals surface area contributed by atoms with E-state index >= 15 is 0 Å². The fourth-order valence-electron chi connectivity index (χ4n) is 2.48. The van der Waals surface area contributed by atoms with Gasteiger partial charge in [-0.25, -0.2) is 0 Å². The number of aromatic nitrogens is 1. The highest BCUT2D eigenvalue weighted by molar-refractivity contribution is 6.17. The summed E-state index contributed by atoms with van der Waals surface area (Å²) < 4.78 is 1.82. The number of benzene rings is 1. The van der Waals surface area contributed by atoms with E-state index < -0.39 is 0 Å². The normalized spacial score (nSPS) is 11.4. The summed E-state index contributed by atoms with van der Waals surface area (Å²) in [5.74, 6) is 0.753. The van der Waals surface area contributed by atoms with Gasteiger partial charge in [-0.1, -0.05) is 44.2 Å². The molecule has 2 aromatic rings. The van der Waals surface area contributed by atoms with Gasteiger partial charge in [-0.3, -0.25) is 4.79 Å². The van der Waals surface area contributed by atoms with Gasteiger partial charge >= 0.3 is 0 Å². The highest BCUT2D eigenvalue weighted by Gasteiger charge is 2.12. The van der Waals surface area contributed by atoms with Crippen LogP contribution in [0.2, 0.25) is 0 Å². The van der Waals surface area contributed by atoms with Crippen LogP contribution in [0.3, 0.4) is 0 Å². The molecule has 0 atom stereocenters. The highest BCUT2D eigenvalue weighted by Crippen LogP contribution is 2.24. The number of pyridine rings is 1. The first kappa shape index (κ1) is 15.8. The summed E-state index contributed by atoms with van der Waals surface area (Å²) in [5.41, 5.74) is 3.96. The van der Waals surface area contributed by atoms with Crippen molar-refractivity contribution >= 4 is 11.6 Å². The minimum atomic E-state index is 0.00503. The van der Waals surface area contributed by atoms with Gasteiger partial charge < -0.3 is 4.57 Å². The molecule has 0 amide bonds. The lowest BCUT2D eigenvalue weighted by atomic mass is 10.00. The number of rotatable bonds is 4. The van der Waals surface area contributed by atoms with Gasteiger partial charge in [0.25, 0.3) is 5.56 Å². The number of nitrogens with zero attached hydrogens (tertiary/aromatic N) is 1. The molecule has 0 aliphatic carbocycles. The Bertz CT molecular complexity index is 669. The van der Waals surface area contributed by atoms with E-state index in [1.54, 1.807) is 0 Å². The lowest BCUT2D eigenvalue weighted by Crippen LogP contribution is -2.26. The standard InChI is InChI=1S/C18H22ClNO/c1-12(2)14-5-7-15(8-6-14)17-10-9-16(11-19)18(21)20(17)13(3)4/h5-10,12-13H,11H2,1-4H3. The molecule has 112 valence electrons. The molecule has 0 aliphatic heterocycles. The van der Waals surface area contributed by atoms with Crippen LogP contribution in [-0.4, -0.2) is 4.57 Å². The van der Waals surface area contributed by atoms with Crippen molar-refractivity contribution in [1.82, 2.24) is 4.57 Å². The van der Waals surface area contributed by atoms with E-state index in [0.717, 1.165) is 11.3 Å². The Kier molecular flexibility index (Phi) is 4.89. The van der Waals surface area contributed by atoms with Crippen molar-refractivity contribution < 1.29 is 0 Å². The topological polar surface area (TPSA) is 22.0 Å². The van der Waals surface area contributed by atoms with Crippen molar-refractivity contribution in [2.45, 2.75) is 45.5 Å². The van der Waals surface area contributed by atoms with E-state index in [1.807, 2.05) is 30.5 Å². The predicted octanol–water partition coefficient (Wildman–Crippen LogP) is 4.96. The van der Waals surface area contributed by atoms with Gasteiger partial charge in [0.2, 0.25) is 0 Å². The molecule has 0 unspecified atom stereocenters. The predicted molar refractivity (Wildman–Crippen MR) is 90.2 cm³/mol. The van der Waals surface area contributed by atoms with E-state index in [4.69, 9.17) is 11.6 Å². The zero-order chi connectivity index (χ0) is 15.6. The Morgan fingerprint density at radius 1 is 1.00 bits per heavy atom. The first-order valence-corrected chi connectivity index (χ1v) is 7.90. The molecule has 0 bridgehead atoms. The molecule has 2 rings (SSSR count). The van der Waals surface area contributed by atoms with Crippen LogP contribution < -0.4 is 5.56 Å². The summed E-state index contributed by atoms with van der Waals surface area (Å²) in [6, 6.07) is 12.4. The molecule has 0 N–H and O–H groups in total. The fraction of sp³-hybridized carbons (Fsp3) is 0.389. The third kappa shape index (κ3) is 3.21. The highest BCUT2D eigenvalue weighted by atomic mass is 35.5. The molecule has 3 heteroatoms. The molecule has 1 heterocycles. The van der Waals surface area contributed by atoms with E-state index in [-0.39, 0.29) is 17.5 Å². The number of hydrogen-bond acceptors (Lipinski definition) is 1. The fourth-order valence-corrected chi connectivity index (χ4v) is 2.69. The van der Waals surface area contributed by atoms with Gasteiger partial charge in [-0.15, -0.1) is 11.6 Å². The van der Waals surface area contributed by atoms with Gasteiger partial charge in [0.1, 0.15) is 0 Å².